The number of aromatic nitrogens is 1. The number of nitrogens with zero attached hydrogens (tertiary/aromatic N) is 1. The first-order chi connectivity index (χ1) is 9.67. The zero-order chi connectivity index (χ0) is 14.1. The van der Waals surface area contributed by atoms with Gasteiger partial charge in [-0.25, -0.2) is 0 Å². The molecule has 0 bridgehead atoms. The highest BCUT2D eigenvalue weighted by molar-refractivity contribution is 9.10. The second-order valence-corrected chi connectivity index (χ2v) is 6.12. The maximum Gasteiger partial charge on any atom is 0.142 e. The van der Waals surface area contributed by atoms with E-state index in [1.165, 1.54) is 0 Å². The van der Waals surface area contributed by atoms with Gasteiger partial charge in [-0.3, -0.25) is 4.98 Å². The first-order valence-electron chi connectivity index (χ1n) is 6.42. The smallest absolute Gasteiger partial charge is 0.142 e. The normalized spacial score (nSPS) is 21.1. The SMILES string of the molecule is CNC1CC(c2ccc(Br)cn2)Oc2ccc(Cl)cc21. The first-order valence-corrected chi connectivity index (χ1v) is 7.59. The van der Waals surface area contributed by atoms with E-state index in [0.717, 1.165) is 32.9 Å². The van der Waals surface area contributed by atoms with Gasteiger partial charge in [0, 0.05) is 33.7 Å². The Balaban J connectivity index is 1.94. The van der Waals surface area contributed by atoms with Crippen LogP contribution in [0.5, 0.6) is 5.75 Å². The zero-order valence-electron chi connectivity index (χ0n) is 10.9. The van der Waals surface area contributed by atoms with E-state index in [1.807, 2.05) is 37.4 Å². The van der Waals surface area contributed by atoms with Gasteiger partial charge in [-0.05, 0) is 53.3 Å². The highest BCUT2D eigenvalue weighted by atomic mass is 79.9. The Morgan fingerprint density at radius 2 is 2.20 bits per heavy atom. The molecule has 1 aromatic carbocycles. The van der Waals surface area contributed by atoms with Gasteiger partial charge in [-0.15, -0.1) is 0 Å². The minimum Gasteiger partial charge on any atom is -0.484 e. The third-order valence-electron chi connectivity index (χ3n) is 3.49. The molecule has 3 rings (SSSR count). The lowest BCUT2D eigenvalue weighted by Crippen LogP contribution is -2.27. The summed E-state index contributed by atoms with van der Waals surface area (Å²) in [7, 11) is 1.95. The summed E-state index contributed by atoms with van der Waals surface area (Å²) in [4.78, 5) is 4.44. The number of rotatable bonds is 2. The van der Waals surface area contributed by atoms with E-state index in [-0.39, 0.29) is 12.1 Å². The average molecular weight is 354 g/mol. The van der Waals surface area contributed by atoms with E-state index in [2.05, 4.69) is 26.2 Å². The summed E-state index contributed by atoms with van der Waals surface area (Å²) < 4.78 is 7.04. The van der Waals surface area contributed by atoms with Crippen LogP contribution in [0.1, 0.15) is 29.8 Å². The maximum atomic E-state index is 6.07. The van der Waals surface area contributed by atoms with Crippen molar-refractivity contribution in [2.24, 2.45) is 0 Å². The Bertz CT molecular complexity index is 618. The largest absolute Gasteiger partial charge is 0.484 e. The van der Waals surface area contributed by atoms with Crippen molar-refractivity contribution in [3.8, 4) is 5.75 Å². The summed E-state index contributed by atoms with van der Waals surface area (Å²) in [5.41, 5.74) is 2.04. The van der Waals surface area contributed by atoms with Gasteiger partial charge in [0.05, 0.1) is 5.69 Å². The number of hydrogen-bond acceptors (Lipinski definition) is 3. The van der Waals surface area contributed by atoms with Crippen molar-refractivity contribution in [3.05, 3.63) is 57.3 Å². The number of ether oxygens (including phenoxy) is 1. The van der Waals surface area contributed by atoms with E-state index >= 15 is 0 Å². The fraction of sp³-hybridized carbons (Fsp3) is 0.267. The van der Waals surface area contributed by atoms with Crippen molar-refractivity contribution in [3.63, 3.8) is 0 Å². The number of halogens is 2. The van der Waals surface area contributed by atoms with Crippen LogP contribution in [0.4, 0.5) is 0 Å². The Kier molecular flexibility index (Phi) is 3.96. The fourth-order valence-corrected chi connectivity index (χ4v) is 2.89. The molecule has 1 aliphatic heterocycles. The van der Waals surface area contributed by atoms with Gasteiger partial charge in [-0.2, -0.15) is 0 Å². The van der Waals surface area contributed by atoms with Gasteiger partial charge in [0.25, 0.3) is 0 Å². The van der Waals surface area contributed by atoms with Crippen LogP contribution in [-0.2, 0) is 0 Å². The zero-order valence-corrected chi connectivity index (χ0v) is 13.3. The Morgan fingerprint density at radius 3 is 2.90 bits per heavy atom. The highest BCUT2D eigenvalue weighted by Crippen LogP contribution is 2.41. The molecule has 1 aromatic heterocycles. The predicted octanol–water partition coefficient (Wildman–Crippen LogP) is 4.28. The summed E-state index contributed by atoms with van der Waals surface area (Å²) >= 11 is 9.47. The summed E-state index contributed by atoms with van der Waals surface area (Å²) in [6.45, 7) is 0. The topological polar surface area (TPSA) is 34.2 Å². The average Bonchev–Trinajstić information content (AvgIpc) is 2.47. The Morgan fingerprint density at radius 1 is 1.35 bits per heavy atom. The molecule has 0 radical (unpaired) electrons. The standard InChI is InChI=1S/C15H14BrClN2O/c1-18-13-7-15(12-4-2-9(16)8-19-12)20-14-5-3-10(17)6-11(13)14/h2-6,8,13,15,18H,7H2,1H3. The monoisotopic (exact) mass is 352 g/mol. The molecular formula is C15H14BrClN2O. The highest BCUT2D eigenvalue weighted by Gasteiger charge is 2.29. The van der Waals surface area contributed by atoms with Crippen molar-refractivity contribution in [1.82, 2.24) is 10.3 Å². The molecule has 0 saturated heterocycles. The Labute approximate surface area is 131 Å². The lowest BCUT2D eigenvalue weighted by atomic mass is 9.95. The van der Waals surface area contributed by atoms with Crippen LogP contribution in [0, 0.1) is 0 Å². The quantitative estimate of drug-likeness (QED) is 0.875. The number of nitrogens with one attached hydrogen (secondary N) is 1. The van der Waals surface area contributed by atoms with Crippen LogP contribution in [0.15, 0.2) is 41.0 Å². The van der Waals surface area contributed by atoms with Crippen LogP contribution in [0.25, 0.3) is 0 Å². The summed E-state index contributed by atoms with van der Waals surface area (Å²) in [6.07, 6.45) is 2.58. The van der Waals surface area contributed by atoms with Gasteiger partial charge in [0.1, 0.15) is 11.9 Å². The first kappa shape index (κ1) is 13.9. The molecule has 20 heavy (non-hydrogen) atoms. The second-order valence-electron chi connectivity index (χ2n) is 4.77. The maximum absolute atomic E-state index is 6.07. The van der Waals surface area contributed by atoms with Gasteiger partial charge >= 0.3 is 0 Å². The molecule has 2 aromatic rings. The molecule has 1 N–H and O–H groups in total. The molecule has 2 heterocycles. The third kappa shape index (κ3) is 2.68. The molecule has 3 nitrogen and oxygen atoms in total. The lowest BCUT2D eigenvalue weighted by Gasteiger charge is -2.32. The minimum atomic E-state index is -0.0470. The Hall–Kier alpha value is -1.10. The van der Waals surface area contributed by atoms with Crippen molar-refractivity contribution < 1.29 is 4.74 Å². The van der Waals surface area contributed by atoms with Crippen LogP contribution >= 0.6 is 27.5 Å². The van der Waals surface area contributed by atoms with Gasteiger partial charge in [0.2, 0.25) is 0 Å². The molecule has 0 fully saturated rings. The van der Waals surface area contributed by atoms with Gasteiger partial charge in [0.15, 0.2) is 0 Å². The number of fused-ring (bicyclic) bond motifs is 1. The predicted molar refractivity (Wildman–Crippen MR) is 83.2 cm³/mol. The van der Waals surface area contributed by atoms with Crippen LogP contribution < -0.4 is 10.1 Å². The summed E-state index contributed by atoms with van der Waals surface area (Å²) in [5, 5.41) is 4.05. The van der Waals surface area contributed by atoms with Crippen molar-refractivity contribution in [2.45, 2.75) is 18.6 Å². The van der Waals surface area contributed by atoms with Crippen LogP contribution in [0.2, 0.25) is 5.02 Å². The second kappa shape index (κ2) is 5.72. The number of hydrogen-bond donors (Lipinski definition) is 1. The molecular weight excluding hydrogens is 340 g/mol. The van der Waals surface area contributed by atoms with Gasteiger partial charge < -0.3 is 10.1 Å². The molecule has 0 spiro atoms. The van der Waals surface area contributed by atoms with Crippen molar-refractivity contribution >= 4 is 27.5 Å². The summed E-state index contributed by atoms with van der Waals surface area (Å²) in [6, 6.07) is 9.92. The van der Waals surface area contributed by atoms with E-state index in [9.17, 15) is 0 Å². The lowest BCUT2D eigenvalue weighted by molar-refractivity contribution is 0.150. The van der Waals surface area contributed by atoms with Gasteiger partial charge in [-0.1, -0.05) is 11.6 Å². The van der Waals surface area contributed by atoms with Crippen LogP contribution in [-0.4, -0.2) is 12.0 Å². The van der Waals surface area contributed by atoms with E-state index in [4.69, 9.17) is 16.3 Å². The molecule has 5 heteroatoms. The van der Waals surface area contributed by atoms with E-state index < -0.39 is 0 Å². The van der Waals surface area contributed by atoms with E-state index in [0.29, 0.717) is 0 Å². The summed E-state index contributed by atoms with van der Waals surface area (Å²) in [5.74, 6) is 0.870. The molecule has 0 aliphatic carbocycles. The minimum absolute atomic E-state index is 0.0470. The fourth-order valence-electron chi connectivity index (χ4n) is 2.47. The molecule has 1 aliphatic rings. The third-order valence-corrected chi connectivity index (χ3v) is 4.20. The number of pyridine rings is 1. The molecule has 104 valence electrons. The number of benzene rings is 1. The molecule has 2 atom stereocenters. The van der Waals surface area contributed by atoms with Crippen molar-refractivity contribution in [1.29, 1.82) is 0 Å². The molecule has 0 saturated carbocycles. The molecule has 0 amide bonds. The van der Waals surface area contributed by atoms with Crippen molar-refractivity contribution in [2.75, 3.05) is 7.05 Å². The van der Waals surface area contributed by atoms with E-state index in [1.54, 1.807) is 6.20 Å². The molecule has 2 unspecified atom stereocenters. The van der Waals surface area contributed by atoms with Crippen LogP contribution in [0.3, 0.4) is 0 Å².